The van der Waals surface area contributed by atoms with Crippen LogP contribution in [0.1, 0.15) is 22.2 Å². The fourth-order valence-electron chi connectivity index (χ4n) is 2.61. The molecule has 1 atom stereocenters. The van der Waals surface area contributed by atoms with Crippen molar-refractivity contribution in [2.45, 2.75) is 6.04 Å². The van der Waals surface area contributed by atoms with Gasteiger partial charge in [0.1, 0.15) is 11.5 Å². The number of hydrogen-bond acceptors (Lipinski definition) is 6. The average Bonchev–Trinajstić information content (AvgIpc) is 3.23. The summed E-state index contributed by atoms with van der Waals surface area (Å²) in [5.41, 5.74) is 0.394. The standard InChI is InChI=1S/C17H15NO6/c1-22-9-5-6-11(23-2)10(8-9)14-13(16(20)17(21)18-14)15(19)12-4-3-7-24-12/h3-8,14,20H,1-2H3,(H,18,21)/t14-/m0/s1. The van der Waals surface area contributed by atoms with Crippen LogP contribution in [0.25, 0.3) is 0 Å². The molecule has 7 heteroatoms. The topological polar surface area (TPSA) is 98.0 Å². The summed E-state index contributed by atoms with van der Waals surface area (Å²) in [5.74, 6) is -0.950. The molecule has 24 heavy (non-hydrogen) atoms. The monoisotopic (exact) mass is 329 g/mol. The molecule has 0 spiro atoms. The van der Waals surface area contributed by atoms with Crippen molar-refractivity contribution in [3.8, 4) is 11.5 Å². The number of amides is 1. The number of benzene rings is 1. The van der Waals surface area contributed by atoms with Crippen molar-refractivity contribution >= 4 is 11.7 Å². The maximum absolute atomic E-state index is 12.6. The number of methoxy groups -OCH3 is 2. The second-order valence-electron chi connectivity index (χ2n) is 5.08. The molecule has 0 unspecified atom stereocenters. The molecular weight excluding hydrogens is 314 g/mol. The smallest absolute Gasteiger partial charge is 0.287 e. The third-order valence-electron chi connectivity index (χ3n) is 3.77. The Morgan fingerprint density at radius 2 is 2.04 bits per heavy atom. The zero-order valence-corrected chi connectivity index (χ0v) is 13.0. The number of carbonyl (C=O) groups excluding carboxylic acids is 2. The normalized spacial score (nSPS) is 16.9. The second-order valence-corrected chi connectivity index (χ2v) is 5.08. The molecule has 2 aromatic rings. The Hall–Kier alpha value is -3.22. The molecule has 3 rings (SSSR count). The average molecular weight is 329 g/mol. The van der Waals surface area contributed by atoms with Crippen LogP contribution < -0.4 is 14.8 Å². The van der Waals surface area contributed by atoms with E-state index in [1.807, 2.05) is 0 Å². The molecule has 2 heterocycles. The van der Waals surface area contributed by atoms with Gasteiger partial charge in [0.05, 0.1) is 32.1 Å². The largest absolute Gasteiger partial charge is 0.503 e. The van der Waals surface area contributed by atoms with Gasteiger partial charge < -0.3 is 24.3 Å². The van der Waals surface area contributed by atoms with Gasteiger partial charge in [0.15, 0.2) is 11.5 Å². The Morgan fingerprint density at radius 1 is 1.25 bits per heavy atom. The van der Waals surface area contributed by atoms with Crippen molar-refractivity contribution in [3.63, 3.8) is 0 Å². The van der Waals surface area contributed by atoms with Crippen LogP contribution in [0.2, 0.25) is 0 Å². The number of furan rings is 1. The highest BCUT2D eigenvalue weighted by molar-refractivity contribution is 6.15. The lowest BCUT2D eigenvalue weighted by molar-refractivity contribution is -0.119. The summed E-state index contributed by atoms with van der Waals surface area (Å²) < 4.78 is 15.6. The first-order chi connectivity index (χ1) is 11.6. The molecule has 0 saturated heterocycles. The van der Waals surface area contributed by atoms with E-state index in [4.69, 9.17) is 13.9 Å². The van der Waals surface area contributed by atoms with Crippen molar-refractivity contribution in [1.29, 1.82) is 0 Å². The molecular formula is C17H15NO6. The highest BCUT2D eigenvalue weighted by Gasteiger charge is 2.39. The molecule has 1 aromatic carbocycles. The van der Waals surface area contributed by atoms with E-state index in [1.165, 1.54) is 26.5 Å². The molecule has 1 aliphatic heterocycles. The van der Waals surface area contributed by atoms with E-state index in [0.29, 0.717) is 17.1 Å². The van der Waals surface area contributed by atoms with Crippen LogP contribution in [-0.2, 0) is 4.79 Å². The number of aliphatic hydroxyl groups excluding tert-OH is 1. The number of hydrogen-bond donors (Lipinski definition) is 2. The van der Waals surface area contributed by atoms with Crippen LogP contribution in [-0.4, -0.2) is 31.0 Å². The highest BCUT2D eigenvalue weighted by Crippen LogP contribution is 2.38. The highest BCUT2D eigenvalue weighted by atomic mass is 16.5. The number of rotatable bonds is 5. The van der Waals surface area contributed by atoms with Gasteiger partial charge in [-0.05, 0) is 30.3 Å². The minimum absolute atomic E-state index is 0.0277. The lowest BCUT2D eigenvalue weighted by Crippen LogP contribution is -2.24. The van der Waals surface area contributed by atoms with Gasteiger partial charge >= 0.3 is 0 Å². The number of ketones is 1. The van der Waals surface area contributed by atoms with Crippen LogP contribution in [0.5, 0.6) is 11.5 Å². The maximum atomic E-state index is 12.6. The molecule has 1 amide bonds. The molecule has 7 nitrogen and oxygen atoms in total. The quantitative estimate of drug-likeness (QED) is 0.816. The molecule has 1 aromatic heterocycles. The predicted octanol–water partition coefficient (Wildman–Crippen LogP) is 2.16. The van der Waals surface area contributed by atoms with Crippen molar-refractivity contribution < 1.29 is 28.6 Å². The summed E-state index contributed by atoms with van der Waals surface area (Å²) >= 11 is 0. The summed E-state index contributed by atoms with van der Waals surface area (Å²) in [7, 11) is 2.97. The predicted molar refractivity (Wildman–Crippen MR) is 83.1 cm³/mol. The first-order valence-electron chi connectivity index (χ1n) is 7.11. The fourth-order valence-corrected chi connectivity index (χ4v) is 2.61. The zero-order valence-electron chi connectivity index (χ0n) is 13.0. The zero-order chi connectivity index (χ0) is 17.3. The number of aliphatic hydroxyl groups is 1. The second kappa shape index (κ2) is 6.11. The van der Waals surface area contributed by atoms with E-state index in [-0.39, 0.29) is 11.3 Å². The van der Waals surface area contributed by atoms with Crippen molar-refractivity contribution in [1.82, 2.24) is 5.32 Å². The van der Waals surface area contributed by atoms with Gasteiger partial charge in [-0.3, -0.25) is 9.59 Å². The van der Waals surface area contributed by atoms with E-state index in [9.17, 15) is 14.7 Å². The van der Waals surface area contributed by atoms with Crippen LogP contribution in [0.4, 0.5) is 0 Å². The Kier molecular flexibility index (Phi) is 3.99. The van der Waals surface area contributed by atoms with Gasteiger partial charge in [-0.15, -0.1) is 0 Å². The lowest BCUT2D eigenvalue weighted by Gasteiger charge is -2.18. The van der Waals surface area contributed by atoms with Crippen molar-refractivity contribution in [2.24, 2.45) is 0 Å². The summed E-state index contributed by atoms with van der Waals surface area (Å²) in [6.45, 7) is 0. The summed E-state index contributed by atoms with van der Waals surface area (Å²) in [6, 6.07) is 7.13. The number of nitrogens with one attached hydrogen (secondary N) is 1. The van der Waals surface area contributed by atoms with Crippen LogP contribution in [0, 0.1) is 0 Å². The first kappa shape index (κ1) is 15.7. The molecule has 2 N–H and O–H groups in total. The van der Waals surface area contributed by atoms with E-state index in [0.717, 1.165) is 0 Å². The molecule has 0 radical (unpaired) electrons. The van der Waals surface area contributed by atoms with E-state index < -0.39 is 23.5 Å². The van der Waals surface area contributed by atoms with Gasteiger partial charge in [-0.25, -0.2) is 0 Å². The number of carbonyl (C=O) groups is 2. The molecule has 0 fully saturated rings. The fraction of sp³-hybridized carbons (Fsp3) is 0.176. The van der Waals surface area contributed by atoms with Crippen molar-refractivity contribution in [3.05, 3.63) is 59.3 Å². The van der Waals surface area contributed by atoms with Gasteiger partial charge in [0, 0.05) is 5.56 Å². The van der Waals surface area contributed by atoms with Crippen LogP contribution in [0.15, 0.2) is 52.3 Å². The van der Waals surface area contributed by atoms with Gasteiger partial charge in [0.25, 0.3) is 5.91 Å². The maximum Gasteiger partial charge on any atom is 0.287 e. The van der Waals surface area contributed by atoms with Gasteiger partial charge in [0.2, 0.25) is 5.78 Å². The minimum atomic E-state index is -0.875. The Morgan fingerprint density at radius 3 is 2.67 bits per heavy atom. The summed E-state index contributed by atoms with van der Waals surface area (Å²) in [6.07, 6.45) is 1.34. The lowest BCUT2D eigenvalue weighted by atomic mass is 9.95. The molecule has 1 aliphatic rings. The Labute approximate surface area is 137 Å². The number of Topliss-reactive ketones (excluding diaryl/α,β-unsaturated/α-hetero) is 1. The Bertz CT molecular complexity index is 822. The minimum Gasteiger partial charge on any atom is -0.503 e. The van der Waals surface area contributed by atoms with Crippen LogP contribution in [0.3, 0.4) is 0 Å². The van der Waals surface area contributed by atoms with Crippen LogP contribution >= 0.6 is 0 Å². The first-order valence-corrected chi connectivity index (χ1v) is 7.11. The number of ether oxygens (including phenoxy) is 2. The summed E-state index contributed by atoms with van der Waals surface area (Å²) in [5, 5.41) is 12.7. The Balaban J connectivity index is 2.11. The summed E-state index contributed by atoms with van der Waals surface area (Å²) in [4.78, 5) is 24.5. The third-order valence-corrected chi connectivity index (χ3v) is 3.77. The molecule has 124 valence electrons. The van der Waals surface area contributed by atoms with Gasteiger partial charge in [-0.1, -0.05) is 0 Å². The molecule has 0 saturated carbocycles. The third kappa shape index (κ3) is 2.50. The SMILES string of the molecule is COc1ccc(OC)c([C@@H]2NC(=O)C(O)=C2C(=O)c2ccco2)c1. The molecule has 0 bridgehead atoms. The van der Waals surface area contributed by atoms with E-state index in [2.05, 4.69) is 5.32 Å². The van der Waals surface area contributed by atoms with E-state index in [1.54, 1.807) is 24.3 Å². The van der Waals surface area contributed by atoms with E-state index >= 15 is 0 Å². The van der Waals surface area contributed by atoms with Crippen molar-refractivity contribution in [2.75, 3.05) is 14.2 Å². The molecule has 0 aliphatic carbocycles. The van der Waals surface area contributed by atoms with Gasteiger partial charge in [-0.2, -0.15) is 0 Å².